The molecule has 0 saturated carbocycles. The first-order valence-electron chi connectivity index (χ1n) is 4.99. The number of hydrogen-bond donors (Lipinski definition) is 1. The van der Waals surface area contributed by atoms with Crippen molar-refractivity contribution in [2.75, 3.05) is 0 Å². The predicted octanol–water partition coefficient (Wildman–Crippen LogP) is 3.59. The van der Waals surface area contributed by atoms with E-state index in [2.05, 4.69) is 32.6 Å². The Balaban J connectivity index is 2.50. The molecule has 0 fully saturated rings. The number of benzene rings is 1. The van der Waals surface area contributed by atoms with Crippen LogP contribution in [0.25, 0.3) is 0 Å². The van der Waals surface area contributed by atoms with E-state index in [0.717, 1.165) is 4.47 Å². The summed E-state index contributed by atoms with van der Waals surface area (Å²) in [7, 11) is 0. The van der Waals surface area contributed by atoms with Crippen LogP contribution in [-0.2, 0) is 0 Å². The summed E-state index contributed by atoms with van der Waals surface area (Å²) in [4.78, 5) is 8.08. The van der Waals surface area contributed by atoms with Gasteiger partial charge in [0.2, 0.25) is 0 Å². The molecule has 0 spiro atoms. The molecule has 4 heteroatoms. The number of rotatable bonds is 3. The van der Waals surface area contributed by atoms with Crippen molar-refractivity contribution in [3.8, 4) is 0 Å². The van der Waals surface area contributed by atoms with Gasteiger partial charge < -0.3 is 0 Å². The van der Waals surface area contributed by atoms with Crippen LogP contribution in [0.2, 0.25) is 0 Å². The Hall–Kier alpha value is -1.81. The third-order valence-corrected chi connectivity index (χ3v) is 2.81. The van der Waals surface area contributed by atoms with Gasteiger partial charge in [0, 0.05) is 16.2 Å². The van der Waals surface area contributed by atoms with Gasteiger partial charge in [-0.2, -0.15) is 0 Å². The Morgan fingerprint density at radius 3 is 2.76 bits per heavy atom. The standard InChI is InChI=1S/C13H10BrN3/c1-16-11-6-5-9(14)8-10(11)13(15)12-4-2-3-7-17-12/h2-8,15H,1H2. The minimum Gasteiger partial charge on any atom is -0.298 e. The lowest BCUT2D eigenvalue weighted by atomic mass is 10.1. The van der Waals surface area contributed by atoms with Gasteiger partial charge in [0.15, 0.2) is 0 Å². The molecule has 0 aliphatic rings. The zero-order valence-electron chi connectivity index (χ0n) is 9.02. The van der Waals surface area contributed by atoms with Crippen LogP contribution in [0.3, 0.4) is 0 Å². The van der Waals surface area contributed by atoms with Gasteiger partial charge in [-0.15, -0.1) is 0 Å². The van der Waals surface area contributed by atoms with E-state index in [1.165, 1.54) is 0 Å². The highest BCUT2D eigenvalue weighted by atomic mass is 79.9. The Kier molecular flexibility index (Phi) is 3.44. The Bertz CT molecular complexity index is 564. The SMILES string of the molecule is C=Nc1ccc(Br)cc1C(=N)c1ccccn1. The predicted molar refractivity (Wildman–Crippen MR) is 73.5 cm³/mol. The van der Waals surface area contributed by atoms with Crippen LogP contribution in [-0.4, -0.2) is 17.4 Å². The minimum absolute atomic E-state index is 0.342. The summed E-state index contributed by atoms with van der Waals surface area (Å²) in [5.74, 6) is 0. The third kappa shape index (κ3) is 2.47. The fraction of sp³-hybridized carbons (Fsp3) is 0. The van der Waals surface area contributed by atoms with Crippen molar-refractivity contribution >= 4 is 34.0 Å². The van der Waals surface area contributed by atoms with E-state index in [1.54, 1.807) is 12.3 Å². The number of nitrogens with one attached hydrogen (secondary N) is 1. The molecule has 0 amide bonds. The zero-order chi connectivity index (χ0) is 12.3. The number of nitrogens with zero attached hydrogens (tertiary/aromatic N) is 2. The largest absolute Gasteiger partial charge is 0.298 e. The van der Waals surface area contributed by atoms with Crippen LogP contribution < -0.4 is 0 Å². The molecule has 0 atom stereocenters. The number of hydrogen-bond acceptors (Lipinski definition) is 3. The summed E-state index contributed by atoms with van der Waals surface area (Å²) >= 11 is 3.39. The van der Waals surface area contributed by atoms with E-state index in [9.17, 15) is 0 Å². The molecule has 1 N–H and O–H groups in total. The second-order valence-corrected chi connectivity index (χ2v) is 4.33. The molecule has 3 nitrogen and oxygen atoms in total. The van der Waals surface area contributed by atoms with Crippen LogP contribution in [0.4, 0.5) is 5.69 Å². The second-order valence-electron chi connectivity index (χ2n) is 3.41. The van der Waals surface area contributed by atoms with E-state index in [1.807, 2.05) is 30.3 Å². The molecule has 0 unspecified atom stereocenters. The third-order valence-electron chi connectivity index (χ3n) is 2.32. The van der Waals surface area contributed by atoms with Crippen molar-refractivity contribution in [3.63, 3.8) is 0 Å². The highest BCUT2D eigenvalue weighted by molar-refractivity contribution is 9.10. The minimum atomic E-state index is 0.342. The fourth-order valence-corrected chi connectivity index (χ4v) is 1.86. The van der Waals surface area contributed by atoms with Gasteiger partial charge in [0.25, 0.3) is 0 Å². The number of aliphatic imine (C=N–C) groups is 1. The van der Waals surface area contributed by atoms with E-state index < -0.39 is 0 Å². The van der Waals surface area contributed by atoms with Gasteiger partial charge >= 0.3 is 0 Å². The molecule has 0 saturated heterocycles. The molecule has 0 radical (unpaired) electrons. The molecule has 17 heavy (non-hydrogen) atoms. The summed E-state index contributed by atoms with van der Waals surface area (Å²) in [6.45, 7) is 3.51. The molecular weight excluding hydrogens is 278 g/mol. The molecule has 84 valence electrons. The van der Waals surface area contributed by atoms with Gasteiger partial charge in [-0.05, 0) is 37.0 Å². The van der Waals surface area contributed by atoms with Crippen molar-refractivity contribution in [2.45, 2.75) is 0 Å². The van der Waals surface area contributed by atoms with Crippen LogP contribution in [0.15, 0.2) is 52.1 Å². The quantitative estimate of drug-likeness (QED) is 0.862. The average molecular weight is 288 g/mol. The highest BCUT2D eigenvalue weighted by Crippen LogP contribution is 2.25. The van der Waals surface area contributed by atoms with Crippen molar-refractivity contribution < 1.29 is 0 Å². The first kappa shape index (κ1) is 11.7. The molecule has 2 rings (SSSR count). The first-order valence-corrected chi connectivity index (χ1v) is 5.78. The lowest BCUT2D eigenvalue weighted by Crippen LogP contribution is -2.03. The van der Waals surface area contributed by atoms with Crippen molar-refractivity contribution in [2.24, 2.45) is 4.99 Å². The van der Waals surface area contributed by atoms with E-state index in [-0.39, 0.29) is 0 Å². The van der Waals surface area contributed by atoms with Crippen molar-refractivity contribution in [1.82, 2.24) is 4.98 Å². The molecule has 1 aromatic carbocycles. The summed E-state index contributed by atoms with van der Waals surface area (Å²) in [5, 5.41) is 8.14. The maximum atomic E-state index is 8.14. The van der Waals surface area contributed by atoms with E-state index >= 15 is 0 Å². The van der Waals surface area contributed by atoms with Crippen LogP contribution in [0, 0.1) is 5.41 Å². The maximum absolute atomic E-state index is 8.14. The van der Waals surface area contributed by atoms with E-state index in [0.29, 0.717) is 22.7 Å². The molecule has 0 aliphatic carbocycles. The maximum Gasteiger partial charge on any atom is 0.0890 e. The first-order chi connectivity index (χ1) is 8.22. The Labute approximate surface area is 108 Å². The summed E-state index contributed by atoms with van der Waals surface area (Å²) in [6, 6.07) is 11.0. The van der Waals surface area contributed by atoms with Gasteiger partial charge in [-0.3, -0.25) is 15.4 Å². The second kappa shape index (κ2) is 5.01. The van der Waals surface area contributed by atoms with Crippen LogP contribution in [0.5, 0.6) is 0 Å². The van der Waals surface area contributed by atoms with Crippen molar-refractivity contribution in [1.29, 1.82) is 5.41 Å². The topological polar surface area (TPSA) is 49.1 Å². The molecule has 2 aromatic rings. The fourth-order valence-electron chi connectivity index (χ4n) is 1.49. The average Bonchev–Trinajstić information content (AvgIpc) is 2.39. The zero-order valence-corrected chi connectivity index (χ0v) is 10.6. The van der Waals surface area contributed by atoms with E-state index in [4.69, 9.17) is 5.41 Å². The van der Waals surface area contributed by atoms with Crippen LogP contribution in [0.1, 0.15) is 11.3 Å². The Morgan fingerprint density at radius 2 is 2.12 bits per heavy atom. The van der Waals surface area contributed by atoms with Gasteiger partial charge in [-0.25, -0.2) is 0 Å². The van der Waals surface area contributed by atoms with Gasteiger partial charge in [-0.1, -0.05) is 22.0 Å². The number of aromatic nitrogens is 1. The lowest BCUT2D eigenvalue weighted by molar-refractivity contribution is 1.27. The lowest BCUT2D eigenvalue weighted by Gasteiger charge is -2.07. The smallest absolute Gasteiger partial charge is 0.0890 e. The highest BCUT2D eigenvalue weighted by Gasteiger charge is 2.10. The molecule has 0 bridgehead atoms. The number of halogens is 1. The van der Waals surface area contributed by atoms with Gasteiger partial charge in [0.1, 0.15) is 0 Å². The molecule has 1 heterocycles. The van der Waals surface area contributed by atoms with Crippen molar-refractivity contribution in [3.05, 3.63) is 58.3 Å². The summed E-state index contributed by atoms with van der Waals surface area (Å²) in [5.41, 5.74) is 2.36. The molecule has 0 aliphatic heterocycles. The van der Waals surface area contributed by atoms with Crippen LogP contribution >= 0.6 is 15.9 Å². The Morgan fingerprint density at radius 1 is 1.29 bits per heavy atom. The molecular formula is C13H10BrN3. The summed E-state index contributed by atoms with van der Waals surface area (Å²) in [6.07, 6.45) is 1.67. The monoisotopic (exact) mass is 287 g/mol. The normalized spacial score (nSPS) is 9.94. The number of pyridine rings is 1. The van der Waals surface area contributed by atoms with Gasteiger partial charge in [0.05, 0.1) is 17.1 Å². The molecule has 1 aromatic heterocycles. The summed E-state index contributed by atoms with van der Waals surface area (Å²) < 4.78 is 0.903.